The quantitative estimate of drug-likeness (QED) is 0.172. The smallest absolute Gasteiger partial charge is 0.305 e. The molecule has 0 spiro atoms. The topological polar surface area (TPSA) is 68.3 Å². The van der Waals surface area contributed by atoms with Crippen LogP contribution < -0.4 is 5.32 Å². The van der Waals surface area contributed by atoms with E-state index in [4.69, 9.17) is 4.74 Å². The summed E-state index contributed by atoms with van der Waals surface area (Å²) in [5.74, 6) is -0.462. The average Bonchev–Trinajstić information content (AvgIpc) is 2.84. The van der Waals surface area contributed by atoms with Crippen LogP contribution in [0.4, 0.5) is 0 Å². The summed E-state index contributed by atoms with van der Waals surface area (Å²) in [7, 11) is 0. The zero-order chi connectivity index (χ0) is 23.8. The lowest BCUT2D eigenvalue weighted by molar-refractivity contribution is -0.143. The van der Waals surface area contributed by atoms with Gasteiger partial charge in [0.1, 0.15) is 6.61 Å². The summed E-state index contributed by atoms with van der Waals surface area (Å²) in [5.41, 5.74) is 0.487. The summed E-state index contributed by atoms with van der Waals surface area (Å²) in [6.45, 7) is 2.60. The maximum Gasteiger partial charge on any atom is 0.305 e. The van der Waals surface area contributed by atoms with Crippen molar-refractivity contribution in [2.45, 2.75) is 58.3 Å². The highest BCUT2D eigenvalue weighted by Gasteiger charge is 2.05. The van der Waals surface area contributed by atoms with Gasteiger partial charge in [-0.2, -0.15) is 0 Å². The molecule has 0 atom stereocenters. The molecule has 1 N–H and O–H groups in total. The molecule has 1 aromatic rings. The highest BCUT2D eigenvalue weighted by molar-refractivity contribution is 5.93. The molecule has 0 saturated carbocycles. The Balaban J connectivity index is 1.95. The van der Waals surface area contributed by atoms with Crippen LogP contribution in [0.1, 0.15) is 68.6 Å². The maximum atomic E-state index is 11.8. The molecule has 0 fully saturated rings. The van der Waals surface area contributed by atoms with Crippen molar-refractivity contribution in [3.8, 4) is 0 Å². The van der Waals surface area contributed by atoms with Crippen LogP contribution in [0.25, 0.3) is 0 Å². The maximum absolute atomic E-state index is 11.8. The number of esters is 1. The van der Waals surface area contributed by atoms with E-state index < -0.39 is 0 Å². The number of ether oxygens (including phenoxy) is 1. The van der Waals surface area contributed by atoms with Gasteiger partial charge in [0.2, 0.25) is 0 Å². The van der Waals surface area contributed by atoms with E-state index in [0.29, 0.717) is 12.0 Å². The van der Waals surface area contributed by atoms with Crippen molar-refractivity contribution in [2.75, 3.05) is 13.2 Å². The first kappa shape index (κ1) is 27.8. The number of amides is 1. The number of carbonyl (C=O) groups excluding carboxylic acids is 2. The van der Waals surface area contributed by atoms with Gasteiger partial charge in [0.05, 0.1) is 12.1 Å². The van der Waals surface area contributed by atoms with Crippen molar-refractivity contribution in [3.63, 3.8) is 0 Å². The number of allylic oxidation sites excluding steroid dienone is 10. The number of hydrogen-bond donors (Lipinski definition) is 1. The normalized spacial score (nSPS) is 12.0. The van der Waals surface area contributed by atoms with Crippen molar-refractivity contribution in [2.24, 2.45) is 0 Å². The number of pyridine rings is 1. The molecule has 1 heterocycles. The highest BCUT2D eigenvalue weighted by atomic mass is 16.5. The number of rotatable bonds is 17. The van der Waals surface area contributed by atoms with Gasteiger partial charge in [-0.15, -0.1) is 0 Å². The molecule has 0 aromatic carbocycles. The fourth-order valence-corrected chi connectivity index (χ4v) is 2.73. The van der Waals surface area contributed by atoms with Crippen molar-refractivity contribution < 1.29 is 14.3 Å². The van der Waals surface area contributed by atoms with Crippen molar-refractivity contribution in [1.29, 1.82) is 0 Å². The Morgan fingerprint density at radius 2 is 1.52 bits per heavy atom. The highest BCUT2D eigenvalue weighted by Crippen LogP contribution is 2.01. The Bertz CT molecular complexity index is 793. The minimum absolute atomic E-state index is 0.173. The van der Waals surface area contributed by atoms with Gasteiger partial charge in [0.25, 0.3) is 5.91 Å². The van der Waals surface area contributed by atoms with Crippen LogP contribution in [0.5, 0.6) is 0 Å². The standard InChI is InChI=1S/C28H38N2O3/c1-2-3-4-5-6-7-8-9-10-11-12-13-14-15-16-17-18-21-27(31)33-24-23-30-28(32)26-20-19-22-29-25-26/h3-4,6-7,9-10,12-13,15-16,19-20,22,25H,2,5,8,11,14,17-18,21,23-24H2,1H3,(H,30,32). The second-order valence-electron chi connectivity index (χ2n) is 7.32. The van der Waals surface area contributed by atoms with Crippen molar-refractivity contribution in [1.82, 2.24) is 10.3 Å². The predicted octanol–water partition coefficient (Wildman–Crippen LogP) is 6.28. The van der Waals surface area contributed by atoms with E-state index in [1.54, 1.807) is 18.3 Å². The van der Waals surface area contributed by atoms with E-state index in [0.717, 1.165) is 44.9 Å². The van der Waals surface area contributed by atoms with E-state index in [-0.39, 0.29) is 25.0 Å². The number of nitrogens with zero attached hydrogens (tertiary/aromatic N) is 1. The minimum atomic E-state index is -0.238. The monoisotopic (exact) mass is 450 g/mol. The Morgan fingerprint density at radius 1 is 0.909 bits per heavy atom. The van der Waals surface area contributed by atoms with Crippen LogP contribution in [-0.2, 0) is 9.53 Å². The average molecular weight is 451 g/mol. The summed E-state index contributed by atoms with van der Waals surface area (Å²) in [5, 5.41) is 2.70. The lowest BCUT2D eigenvalue weighted by Gasteiger charge is -2.06. The Kier molecular flexibility index (Phi) is 17.4. The molecule has 0 aliphatic rings. The number of nitrogens with one attached hydrogen (secondary N) is 1. The van der Waals surface area contributed by atoms with Crippen LogP contribution in [0.3, 0.4) is 0 Å². The molecular weight excluding hydrogens is 412 g/mol. The van der Waals surface area contributed by atoms with Gasteiger partial charge in [-0.3, -0.25) is 14.6 Å². The minimum Gasteiger partial charge on any atom is -0.464 e. The lowest BCUT2D eigenvalue weighted by atomic mass is 10.2. The SMILES string of the molecule is CCC=CCC=CCC=CCC=CCC=CCCCC(=O)OCCNC(=O)c1cccnc1. The van der Waals surface area contributed by atoms with Gasteiger partial charge >= 0.3 is 5.97 Å². The fourth-order valence-electron chi connectivity index (χ4n) is 2.73. The third kappa shape index (κ3) is 17.1. The Labute approximate surface area is 199 Å². The zero-order valence-electron chi connectivity index (χ0n) is 19.8. The summed E-state index contributed by atoms with van der Waals surface area (Å²) in [4.78, 5) is 27.4. The molecule has 1 amide bonds. The van der Waals surface area contributed by atoms with Gasteiger partial charge in [0, 0.05) is 18.8 Å². The first-order valence-corrected chi connectivity index (χ1v) is 11.8. The molecule has 0 unspecified atom stereocenters. The Hall–Kier alpha value is -3.21. The predicted molar refractivity (Wildman–Crippen MR) is 136 cm³/mol. The van der Waals surface area contributed by atoms with Gasteiger partial charge in [-0.05, 0) is 57.1 Å². The number of hydrogen-bond acceptors (Lipinski definition) is 4. The van der Waals surface area contributed by atoms with Gasteiger partial charge in [-0.25, -0.2) is 0 Å². The summed E-state index contributed by atoms with van der Waals surface area (Å²) in [6.07, 6.45) is 31.7. The first-order valence-electron chi connectivity index (χ1n) is 11.8. The first-order chi connectivity index (χ1) is 16.2. The van der Waals surface area contributed by atoms with E-state index in [1.165, 1.54) is 6.20 Å². The molecular formula is C28H38N2O3. The number of unbranched alkanes of at least 4 members (excludes halogenated alkanes) is 1. The van der Waals surface area contributed by atoms with E-state index in [9.17, 15) is 9.59 Å². The van der Waals surface area contributed by atoms with Crippen molar-refractivity contribution >= 4 is 11.9 Å². The molecule has 178 valence electrons. The molecule has 5 heteroatoms. The third-order valence-electron chi connectivity index (χ3n) is 4.48. The van der Waals surface area contributed by atoms with Gasteiger partial charge in [-0.1, -0.05) is 67.7 Å². The molecule has 0 radical (unpaired) electrons. The van der Waals surface area contributed by atoms with Crippen LogP contribution in [-0.4, -0.2) is 30.0 Å². The van der Waals surface area contributed by atoms with E-state index in [1.807, 2.05) is 0 Å². The number of aromatic nitrogens is 1. The van der Waals surface area contributed by atoms with E-state index in [2.05, 4.69) is 78.0 Å². The molecule has 1 rings (SSSR count). The second-order valence-corrected chi connectivity index (χ2v) is 7.32. The Morgan fingerprint density at radius 3 is 2.09 bits per heavy atom. The van der Waals surface area contributed by atoms with E-state index >= 15 is 0 Å². The summed E-state index contributed by atoms with van der Waals surface area (Å²) in [6, 6.07) is 3.38. The van der Waals surface area contributed by atoms with Crippen molar-refractivity contribution in [3.05, 3.63) is 90.9 Å². The lowest BCUT2D eigenvalue weighted by Crippen LogP contribution is -2.28. The van der Waals surface area contributed by atoms with Crippen LogP contribution in [0, 0.1) is 0 Å². The molecule has 0 saturated heterocycles. The van der Waals surface area contributed by atoms with Crippen LogP contribution in [0.15, 0.2) is 85.3 Å². The molecule has 1 aromatic heterocycles. The molecule has 33 heavy (non-hydrogen) atoms. The molecule has 0 aliphatic carbocycles. The fraction of sp³-hybridized carbons (Fsp3) is 0.393. The van der Waals surface area contributed by atoms with Gasteiger partial charge in [0.15, 0.2) is 0 Å². The van der Waals surface area contributed by atoms with Crippen LogP contribution in [0.2, 0.25) is 0 Å². The van der Waals surface area contributed by atoms with Gasteiger partial charge < -0.3 is 10.1 Å². The third-order valence-corrected chi connectivity index (χ3v) is 4.48. The molecule has 0 aliphatic heterocycles. The van der Waals surface area contributed by atoms with Crippen LogP contribution >= 0.6 is 0 Å². The summed E-state index contributed by atoms with van der Waals surface area (Å²) < 4.78 is 5.14. The second kappa shape index (κ2) is 20.7. The molecule has 5 nitrogen and oxygen atoms in total. The molecule has 0 bridgehead atoms. The zero-order valence-corrected chi connectivity index (χ0v) is 19.8. The largest absolute Gasteiger partial charge is 0.464 e. The number of carbonyl (C=O) groups is 2. The summed E-state index contributed by atoms with van der Waals surface area (Å²) >= 11 is 0.